The molecule has 0 fully saturated rings. The molecule has 0 aromatic rings. The van der Waals surface area contributed by atoms with E-state index in [4.69, 9.17) is 14.2 Å². The summed E-state index contributed by atoms with van der Waals surface area (Å²) in [5, 5.41) is 0. The van der Waals surface area contributed by atoms with Crippen molar-refractivity contribution in [3.63, 3.8) is 0 Å². The van der Waals surface area contributed by atoms with Gasteiger partial charge in [-0.05, 0) is 116 Å². The molecular weight excluding hydrogens is 1020 g/mol. The fourth-order valence-electron chi connectivity index (χ4n) is 9.73. The summed E-state index contributed by atoms with van der Waals surface area (Å²) in [6, 6.07) is 0. The second kappa shape index (κ2) is 70.3. The molecule has 0 rings (SSSR count). The Morgan fingerprint density at radius 3 is 0.747 bits per heavy atom. The van der Waals surface area contributed by atoms with Gasteiger partial charge in [0.2, 0.25) is 0 Å². The van der Waals surface area contributed by atoms with Crippen LogP contribution in [0, 0.1) is 0 Å². The fourth-order valence-corrected chi connectivity index (χ4v) is 9.73. The highest BCUT2D eigenvalue weighted by Gasteiger charge is 2.19. The summed E-state index contributed by atoms with van der Waals surface area (Å²) in [4.78, 5) is 38.4. The number of allylic oxidation sites excluding steroid dienone is 20. The van der Waals surface area contributed by atoms with Gasteiger partial charge >= 0.3 is 17.9 Å². The fraction of sp³-hybridized carbons (Fsp3) is 0.701. The molecule has 6 nitrogen and oxygen atoms in total. The zero-order chi connectivity index (χ0) is 59.9. The third-order valence-corrected chi connectivity index (χ3v) is 15.0. The minimum atomic E-state index is -0.788. The molecule has 0 amide bonds. The maximum Gasteiger partial charge on any atom is 0.306 e. The van der Waals surface area contributed by atoms with E-state index in [2.05, 4.69) is 142 Å². The zero-order valence-corrected chi connectivity index (χ0v) is 54.4. The van der Waals surface area contributed by atoms with Gasteiger partial charge in [0.25, 0.3) is 0 Å². The van der Waals surface area contributed by atoms with Crippen LogP contribution in [0.2, 0.25) is 0 Å². The molecule has 0 saturated heterocycles. The molecule has 1 atom stereocenters. The maximum atomic E-state index is 12.9. The van der Waals surface area contributed by atoms with E-state index < -0.39 is 6.10 Å². The van der Waals surface area contributed by atoms with Crippen LogP contribution in [0.25, 0.3) is 0 Å². The van der Waals surface area contributed by atoms with Gasteiger partial charge < -0.3 is 14.2 Å². The third-order valence-electron chi connectivity index (χ3n) is 15.0. The number of unbranched alkanes of at least 4 members (excludes halogenated alkanes) is 32. The molecule has 1 unspecified atom stereocenters. The number of carbonyl (C=O) groups excluding carboxylic acids is 3. The molecule has 0 bridgehead atoms. The molecule has 83 heavy (non-hydrogen) atoms. The van der Waals surface area contributed by atoms with Gasteiger partial charge in [0, 0.05) is 19.3 Å². The number of esters is 3. The van der Waals surface area contributed by atoms with E-state index in [-0.39, 0.29) is 31.1 Å². The molecule has 0 heterocycles. The first-order chi connectivity index (χ1) is 41.0. The monoisotopic (exact) mass is 1150 g/mol. The van der Waals surface area contributed by atoms with E-state index in [0.717, 1.165) is 135 Å². The van der Waals surface area contributed by atoms with E-state index >= 15 is 0 Å². The van der Waals surface area contributed by atoms with Crippen molar-refractivity contribution in [2.75, 3.05) is 13.2 Å². The lowest BCUT2D eigenvalue weighted by Gasteiger charge is -2.18. The molecule has 0 aromatic heterocycles. The Balaban J connectivity index is 4.28. The van der Waals surface area contributed by atoms with Crippen LogP contribution in [0.15, 0.2) is 122 Å². The lowest BCUT2D eigenvalue weighted by Crippen LogP contribution is -2.30. The van der Waals surface area contributed by atoms with Crippen molar-refractivity contribution in [1.29, 1.82) is 0 Å². The van der Waals surface area contributed by atoms with E-state index in [1.807, 2.05) is 0 Å². The molecule has 0 aromatic carbocycles. The Kier molecular flexibility index (Phi) is 66.7. The van der Waals surface area contributed by atoms with Crippen molar-refractivity contribution in [1.82, 2.24) is 0 Å². The summed E-state index contributed by atoms with van der Waals surface area (Å²) in [6.07, 6.45) is 97.9. The summed E-state index contributed by atoms with van der Waals surface area (Å²) < 4.78 is 16.9. The van der Waals surface area contributed by atoms with Crippen molar-refractivity contribution in [3.05, 3.63) is 122 Å². The lowest BCUT2D eigenvalue weighted by molar-refractivity contribution is -0.167. The van der Waals surface area contributed by atoms with Gasteiger partial charge in [-0.15, -0.1) is 0 Å². The largest absolute Gasteiger partial charge is 0.462 e. The summed E-state index contributed by atoms with van der Waals surface area (Å²) in [5.41, 5.74) is 0. The molecular formula is C77H130O6. The van der Waals surface area contributed by atoms with E-state index in [0.29, 0.717) is 19.3 Å². The topological polar surface area (TPSA) is 78.9 Å². The SMILES string of the molecule is CC/C=C\C/C=C\C/C=C\C/C=C\C/C=C\C/C=C\C/C=C\C/C=C\C/C=C\CCCCCCCCCC(=O)OCC(COC(=O)CCCCCCCCCCCCCCCCC)OC(=O)CCCCCCC/C=C\CCCCCCCC. The Morgan fingerprint density at radius 1 is 0.253 bits per heavy atom. The average Bonchev–Trinajstić information content (AvgIpc) is 3.49. The van der Waals surface area contributed by atoms with Crippen molar-refractivity contribution in [2.45, 2.75) is 335 Å². The Morgan fingerprint density at radius 2 is 0.470 bits per heavy atom. The van der Waals surface area contributed by atoms with Gasteiger partial charge in [-0.3, -0.25) is 14.4 Å². The number of rotatable bonds is 63. The lowest BCUT2D eigenvalue weighted by atomic mass is 10.0. The van der Waals surface area contributed by atoms with Gasteiger partial charge in [-0.1, -0.05) is 316 Å². The molecule has 0 aliphatic carbocycles. The maximum absolute atomic E-state index is 12.9. The summed E-state index contributed by atoms with van der Waals surface area (Å²) in [6.45, 7) is 6.54. The van der Waals surface area contributed by atoms with Crippen LogP contribution in [0.3, 0.4) is 0 Å². The molecule has 0 saturated carbocycles. The van der Waals surface area contributed by atoms with Crippen LogP contribution in [0.1, 0.15) is 329 Å². The third kappa shape index (κ3) is 68.5. The number of hydrogen-bond acceptors (Lipinski definition) is 6. The second-order valence-corrected chi connectivity index (χ2v) is 23.1. The zero-order valence-electron chi connectivity index (χ0n) is 54.4. The van der Waals surface area contributed by atoms with Crippen molar-refractivity contribution in [3.8, 4) is 0 Å². The van der Waals surface area contributed by atoms with Crippen LogP contribution < -0.4 is 0 Å². The van der Waals surface area contributed by atoms with Gasteiger partial charge in [0.05, 0.1) is 0 Å². The predicted octanol–water partition coefficient (Wildman–Crippen LogP) is 24.3. The molecule has 0 aliphatic heterocycles. The second-order valence-electron chi connectivity index (χ2n) is 23.1. The highest BCUT2D eigenvalue weighted by atomic mass is 16.6. The highest BCUT2D eigenvalue weighted by Crippen LogP contribution is 2.16. The van der Waals surface area contributed by atoms with Crippen LogP contribution in [-0.2, 0) is 28.6 Å². The molecule has 474 valence electrons. The molecule has 0 N–H and O–H groups in total. The first kappa shape index (κ1) is 78.8. The first-order valence-corrected chi connectivity index (χ1v) is 35.0. The summed E-state index contributed by atoms with van der Waals surface area (Å²) in [5.74, 6) is -0.891. The molecule has 0 aliphatic rings. The normalized spacial score (nSPS) is 12.9. The number of ether oxygens (including phenoxy) is 3. The van der Waals surface area contributed by atoms with Crippen molar-refractivity contribution >= 4 is 17.9 Å². The van der Waals surface area contributed by atoms with E-state index in [1.54, 1.807) is 0 Å². The summed E-state index contributed by atoms with van der Waals surface area (Å²) >= 11 is 0. The predicted molar refractivity (Wildman–Crippen MR) is 362 cm³/mol. The van der Waals surface area contributed by atoms with Crippen LogP contribution in [-0.4, -0.2) is 37.2 Å². The minimum absolute atomic E-state index is 0.0824. The van der Waals surface area contributed by atoms with Crippen LogP contribution in [0.5, 0.6) is 0 Å². The Hall–Kier alpha value is -4.19. The van der Waals surface area contributed by atoms with Gasteiger partial charge in [0.15, 0.2) is 6.10 Å². The molecule has 0 radical (unpaired) electrons. The van der Waals surface area contributed by atoms with Crippen LogP contribution >= 0.6 is 0 Å². The van der Waals surface area contributed by atoms with E-state index in [9.17, 15) is 14.4 Å². The van der Waals surface area contributed by atoms with Gasteiger partial charge in [-0.2, -0.15) is 0 Å². The Bertz CT molecular complexity index is 1700. The number of carbonyl (C=O) groups is 3. The minimum Gasteiger partial charge on any atom is -0.462 e. The van der Waals surface area contributed by atoms with Crippen molar-refractivity contribution < 1.29 is 28.6 Å². The van der Waals surface area contributed by atoms with E-state index in [1.165, 1.54) is 154 Å². The highest BCUT2D eigenvalue weighted by molar-refractivity contribution is 5.71. The van der Waals surface area contributed by atoms with Crippen molar-refractivity contribution in [2.24, 2.45) is 0 Å². The Labute approximate surface area is 513 Å². The standard InChI is InChI=1S/C77H130O6/c1-4-7-10-13-16-19-22-25-28-29-30-31-32-33-34-35-36-37-38-39-40-41-42-43-44-45-46-47-50-52-55-58-61-64-67-70-76(79)82-73-74(83-77(80)71-68-65-62-59-56-53-49-27-24-21-18-15-12-9-6-3)72-81-75(78)69-66-63-60-57-54-51-48-26-23-20-17-14-11-8-5-2/h7,10,16,19,25,27-28,30-31,33-34,36-37,39-40,42-43,45-46,49,74H,4-6,8-9,11-15,17-18,20-24,26,29,32,35,38,41,44,47-48,50-73H2,1-3H3/b10-7-,19-16-,28-25-,31-30-,34-33-,37-36-,40-39-,43-42-,46-45-,49-27-. The smallest absolute Gasteiger partial charge is 0.306 e. The average molecular weight is 1150 g/mol. The molecule has 0 spiro atoms. The number of hydrogen-bond donors (Lipinski definition) is 0. The van der Waals surface area contributed by atoms with Gasteiger partial charge in [0.1, 0.15) is 13.2 Å². The van der Waals surface area contributed by atoms with Gasteiger partial charge in [-0.25, -0.2) is 0 Å². The summed E-state index contributed by atoms with van der Waals surface area (Å²) in [7, 11) is 0. The first-order valence-electron chi connectivity index (χ1n) is 35.0. The van der Waals surface area contributed by atoms with Crippen LogP contribution in [0.4, 0.5) is 0 Å². The molecule has 6 heteroatoms. The quantitative estimate of drug-likeness (QED) is 0.0261.